The Morgan fingerprint density at radius 1 is 1.50 bits per heavy atom. The van der Waals surface area contributed by atoms with Crippen molar-refractivity contribution >= 4 is 17.0 Å². The fourth-order valence-corrected chi connectivity index (χ4v) is 2.38. The number of hydrogen-bond donors (Lipinski definition) is 2. The summed E-state index contributed by atoms with van der Waals surface area (Å²) in [6, 6.07) is 5.92. The van der Waals surface area contributed by atoms with Crippen molar-refractivity contribution < 1.29 is 9.90 Å². The third-order valence-corrected chi connectivity index (χ3v) is 3.36. The number of rotatable bonds is 3. The van der Waals surface area contributed by atoms with Crippen LogP contribution in [-0.4, -0.2) is 21.0 Å². The lowest BCUT2D eigenvalue weighted by molar-refractivity contribution is -0.137. The number of para-hydroxylation sites is 1. The fourth-order valence-electron chi connectivity index (χ4n) is 2.38. The maximum absolute atomic E-state index is 10.9. The standard InChI is InChI=1S/C12H12N2O2/c15-10(16)6-12(4-5-12)8-2-1-3-9-11(8)14-7-13-9/h1-3,7H,4-6H2,(H,13,14)(H,15,16). The van der Waals surface area contributed by atoms with Crippen molar-refractivity contribution in [2.75, 3.05) is 0 Å². The van der Waals surface area contributed by atoms with Crippen LogP contribution in [0.1, 0.15) is 24.8 Å². The zero-order valence-electron chi connectivity index (χ0n) is 8.73. The van der Waals surface area contributed by atoms with Gasteiger partial charge in [0.05, 0.1) is 23.8 Å². The van der Waals surface area contributed by atoms with Crippen molar-refractivity contribution in [2.45, 2.75) is 24.7 Å². The van der Waals surface area contributed by atoms with Crippen LogP contribution in [0.5, 0.6) is 0 Å². The van der Waals surface area contributed by atoms with E-state index in [1.165, 1.54) is 0 Å². The molecule has 1 heterocycles. The van der Waals surface area contributed by atoms with Crippen molar-refractivity contribution in [1.82, 2.24) is 9.97 Å². The van der Waals surface area contributed by atoms with Gasteiger partial charge in [0.25, 0.3) is 0 Å². The molecular weight excluding hydrogens is 204 g/mol. The molecular formula is C12H12N2O2. The first-order valence-electron chi connectivity index (χ1n) is 5.36. The third-order valence-electron chi connectivity index (χ3n) is 3.36. The highest BCUT2D eigenvalue weighted by molar-refractivity contribution is 5.81. The van der Waals surface area contributed by atoms with E-state index in [1.807, 2.05) is 18.2 Å². The molecule has 3 rings (SSSR count). The van der Waals surface area contributed by atoms with E-state index in [2.05, 4.69) is 9.97 Å². The van der Waals surface area contributed by atoms with Crippen molar-refractivity contribution in [3.05, 3.63) is 30.1 Å². The predicted molar refractivity (Wildman–Crippen MR) is 59.3 cm³/mol. The van der Waals surface area contributed by atoms with Gasteiger partial charge in [-0.3, -0.25) is 4.79 Å². The van der Waals surface area contributed by atoms with E-state index in [-0.39, 0.29) is 11.8 Å². The van der Waals surface area contributed by atoms with Gasteiger partial charge in [-0.2, -0.15) is 0 Å². The molecule has 16 heavy (non-hydrogen) atoms. The number of nitrogens with zero attached hydrogens (tertiary/aromatic N) is 1. The molecule has 2 aromatic rings. The van der Waals surface area contributed by atoms with Crippen LogP contribution in [0.15, 0.2) is 24.5 Å². The summed E-state index contributed by atoms with van der Waals surface area (Å²) in [5.41, 5.74) is 2.81. The Morgan fingerprint density at radius 2 is 2.31 bits per heavy atom. The van der Waals surface area contributed by atoms with E-state index >= 15 is 0 Å². The van der Waals surface area contributed by atoms with Crippen LogP contribution in [0.25, 0.3) is 11.0 Å². The molecule has 2 N–H and O–H groups in total. The lowest BCUT2D eigenvalue weighted by Gasteiger charge is -2.13. The first-order valence-corrected chi connectivity index (χ1v) is 5.36. The smallest absolute Gasteiger partial charge is 0.304 e. The minimum atomic E-state index is -0.731. The van der Waals surface area contributed by atoms with Crippen LogP contribution in [0.4, 0.5) is 0 Å². The Morgan fingerprint density at radius 3 is 3.00 bits per heavy atom. The molecule has 0 unspecified atom stereocenters. The van der Waals surface area contributed by atoms with Gasteiger partial charge in [-0.25, -0.2) is 4.98 Å². The molecule has 0 aliphatic heterocycles. The number of aromatic nitrogens is 2. The van der Waals surface area contributed by atoms with Crippen LogP contribution in [0.3, 0.4) is 0 Å². The largest absolute Gasteiger partial charge is 0.481 e. The number of fused-ring (bicyclic) bond motifs is 1. The number of aromatic amines is 1. The van der Waals surface area contributed by atoms with Gasteiger partial charge in [0, 0.05) is 5.41 Å². The monoisotopic (exact) mass is 216 g/mol. The van der Waals surface area contributed by atoms with E-state index in [1.54, 1.807) is 6.33 Å². The Labute approximate surface area is 92.3 Å². The second-order valence-corrected chi connectivity index (χ2v) is 4.46. The summed E-state index contributed by atoms with van der Waals surface area (Å²) in [5, 5.41) is 8.94. The molecule has 1 aliphatic rings. The molecule has 0 bridgehead atoms. The first-order chi connectivity index (χ1) is 7.71. The number of aliphatic carboxylic acids is 1. The van der Waals surface area contributed by atoms with Crippen molar-refractivity contribution in [1.29, 1.82) is 0 Å². The fraction of sp³-hybridized carbons (Fsp3) is 0.333. The predicted octanol–water partition coefficient (Wildman–Crippen LogP) is 2.07. The summed E-state index contributed by atoms with van der Waals surface area (Å²) in [7, 11) is 0. The Bertz CT molecular complexity index is 555. The molecule has 0 radical (unpaired) electrons. The van der Waals surface area contributed by atoms with Crippen LogP contribution in [0, 0.1) is 0 Å². The average molecular weight is 216 g/mol. The molecule has 0 atom stereocenters. The molecule has 1 fully saturated rings. The molecule has 1 aromatic heterocycles. The van der Waals surface area contributed by atoms with Crippen molar-refractivity contribution in [3.63, 3.8) is 0 Å². The highest BCUT2D eigenvalue weighted by atomic mass is 16.4. The van der Waals surface area contributed by atoms with Crippen LogP contribution < -0.4 is 0 Å². The minimum absolute atomic E-state index is 0.166. The van der Waals surface area contributed by atoms with Gasteiger partial charge >= 0.3 is 5.97 Å². The molecule has 1 aliphatic carbocycles. The van der Waals surface area contributed by atoms with Crippen molar-refractivity contribution in [2.24, 2.45) is 0 Å². The van der Waals surface area contributed by atoms with Crippen LogP contribution >= 0.6 is 0 Å². The summed E-state index contributed by atoms with van der Waals surface area (Å²) in [6.07, 6.45) is 3.76. The number of imidazole rings is 1. The summed E-state index contributed by atoms with van der Waals surface area (Å²) < 4.78 is 0. The SMILES string of the molecule is O=C(O)CC1(c2cccc3[nH]cnc23)CC1. The Hall–Kier alpha value is -1.84. The lowest BCUT2D eigenvalue weighted by atomic mass is 9.91. The molecule has 82 valence electrons. The molecule has 0 amide bonds. The maximum atomic E-state index is 10.9. The van der Waals surface area contributed by atoms with Gasteiger partial charge < -0.3 is 10.1 Å². The molecule has 4 nitrogen and oxygen atoms in total. The molecule has 1 aromatic carbocycles. The molecule has 0 spiro atoms. The number of H-pyrrole nitrogens is 1. The van der Waals surface area contributed by atoms with Crippen LogP contribution in [-0.2, 0) is 10.2 Å². The quantitative estimate of drug-likeness (QED) is 0.825. The maximum Gasteiger partial charge on any atom is 0.304 e. The van der Waals surface area contributed by atoms with E-state index in [0.29, 0.717) is 0 Å². The molecule has 4 heteroatoms. The van der Waals surface area contributed by atoms with E-state index in [4.69, 9.17) is 5.11 Å². The second-order valence-electron chi connectivity index (χ2n) is 4.46. The van der Waals surface area contributed by atoms with Gasteiger partial charge in [0.1, 0.15) is 0 Å². The molecule has 1 saturated carbocycles. The second kappa shape index (κ2) is 3.07. The van der Waals surface area contributed by atoms with Gasteiger partial charge in [-0.15, -0.1) is 0 Å². The number of carboxylic acids is 1. The third kappa shape index (κ3) is 1.30. The van der Waals surface area contributed by atoms with Crippen molar-refractivity contribution in [3.8, 4) is 0 Å². The lowest BCUT2D eigenvalue weighted by Crippen LogP contribution is -2.13. The van der Waals surface area contributed by atoms with E-state index < -0.39 is 5.97 Å². The summed E-state index contributed by atoms with van der Waals surface area (Å²) in [4.78, 5) is 18.2. The topological polar surface area (TPSA) is 66.0 Å². The number of carbonyl (C=O) groups is 1. The summed E-state index contributed by atoms with van der Waals surface area (Å²) >= 11 is 0. The minimum Gasteiger partial charge on any atom is -0.481 e. The highest BCUT2D eigenvalue weighted by Gasteiger charge is 2.47. The number of nitrogens with one attached hydrogen (secondary N) is 1. The van der Waals surface area contributed by atoms with E-state index in [0.717, 1.165) is 29.4 Å². The van der Waals surface area contributed by atoms with Gasteiger partial charge in [-0.05, 0) is 24.5 Å². The summed E-state index contributed by atoms with van der Waals surface area (Å²) in [5.74, 6) is -0.731. The zero-order chi connectivity index (χ0) is 11.2. The first kappa shape index (κ1) is 9.39. The average Bonchev–Trinajstić information content (AvgIpc) is 2.85. The number of carboxylic acid groups (broad SMARTS) is 1. The van der Waals surface area contributed by atoms with Gasteiger partial charge in [0.15, 0.2) is 0 Å². The number of hydrogen-bond acceptors (Lipinski definition) is 2. The highest BCUT2D eigenvalue weighted by Crippen LogP contribution is 2.52. The van der Waals surface area contributed by atoms with Crippen LogP contribution in [0.2, 0.25) is 0 Å². The number of benzene rings is 1. The zero-order valence-corrected chi connectivity index (χ0v) is 8.73. The Balaban J connectivity index is 2.12. The summed E-state index contributed by atoms with van der Waals surface area (Å²) in [6.45, 7) is 0. The van der Waals surface area contributed by atoms with Gasteiger partial charge in [0.2, 0.25) is 0 Å². The molecule has 0 saturated heterocycles. The van der Waals surface area contributed by atoms with Gasteiger partial charge in [-0.1, -0.05) is 12.1 Å². The normalized spacial score (nSPS) is 17.5. The Kier molecular flexibility index (Phi) is 1.80. The van der Waals surface area contributed by atoms with E-state index in [9.17, 15) is 4.79 Å².